The fourth-order valence-electron chi connectivity index (χ4n) is 1.90. The first-order valence-corrected chi connectivity index (χ1v) is 8.64. The van der Waals surface area contributed by atoms with E-state index in [-0.39, 0.29) is 48.8 Å². The van der Waals surface area contributed by atoms with Gasteiger partial charge in [0, 0.05) is 33.6 Å². The highest BCUT2D eigenvalue weighted by Gasteiger charge is 2.16. The van der Waals surface area contributed by atoms with Crippen LogP contribution in [0.25, 0.3) is 0 Å². The van der Waals surface area contributed by atoms with E-state index in [9.17, 15) is 9.59 Å². The Hall–Kier alpha value is -1.78. The number of hydrogen-bond acceptors (Lipinski definition) is 5. The van der Waals surface area contributed by atoms with E-state index >= 15 is 0 Å². The average molecular weight is 494 g/mol. The zero-order valence-electron chi connectivity index (χ0n) is 16.7. The summed E-state index contributed by atoms with van der Waals surface area (Å²) in [6, 6.07) is 3.73. The van der Waals surface area contributed by atoms with Crippen molar-refractivity contribution in [1.29, 1.82) is 0 Å². The van der Waals surface area contributed by atoms with Gasteiger partial charge in [-0.15, -0.1) is 24.0 Å². The van der Waals surface area contributed by atoms with Gasteiger partial charge in [0.05, 0.1) is 12.7 Å². The van der Waals surface area contributed by atoms with E-state index in [2.05, 4.69) is 15.6 Å². The summed E-state index contributed by atoms with van der Waals surface area (Å²) in [5.74, 6) is 0.930. The van der Waals surface area contributed by atoms with Crippen LogP contribution in [0.5, 0.6) is 0 Å². The zero-order chi connectivity index (χ0) is 19.6. The largest absolute Gasteiger partial charge is 0.469 e. The van der Waals surface area contributed by atoms with E-state index in [0.717, 1.165) is 5.76 Å². The maximum Gasteiger partial charge on any atom is 0.308 e. The van der Waals surface area contributed by atoms with Crippen molar-refractivity contribution in [3.05, 3.63) is 24.2 Å². The van der Waals surface area contributed by atoms with Crippen molar-refractivity contribution in [3.8, 4) is 0 Å². The normalized spacial score (nSPS) is 11.4. The van der Waals surface area contributed by atoms with Gasteiger partial charge in [0.25, 0.3) is 0 Å². The Morgan fingerprint density at radius 2 is 1.89 bits per heavy atom. The molecule has 0 saturated heterocycles. The summed E-state index contributed by atoms with van der Waals surface area (Å²) in [5, 5.41) is 6.18. The summed E-state index contributed by atoms with van der Waals surface area (Å²) in [5.41, 5.74) is -0.507. The van der Waals surface area contributed by atoms with Crippen LogP contribution >= 0.6 is 24.0 Å². The number of esters is 1. The van der Waals surface area contributed by atoms with E-state index in [4.69, 9.17) is 9.15 Å². The molecule has 1 amide bonds. The molecule has 154 valence electrons. The van der Waals surface area contributed by atoms with Crippen molar-refractivity contribution in [3.63, 3.8) is 0 Å². The van der Waals surface area contributed by atoms with Gasteiger partial charge in [0.1, 0.15) is 17.9 Å². The topological polar surface area (TPSA) is 96.2 Å². The summed E-state index contributed by atoms with van der Waals surface area (Å²) in [4.78, 5) is 29.2. The predicted molar refractivity (Wildman–Crippen MR) is 115 cm³/mol. The fraction of sp³-hybridized carbons (Fsp3) is 0.611. The van der Waals surface area contributed by atoms with E-state index in [1.54, 1.807) is 20.4 Å². The number of nitrogens with zero attached hydrogens (tertiary/aromatic N) is 2. The molecule has 0 aliphatic rings. The number of aliphatic imine (C=N–C) groups is 1. The Kier molecular flexibility index (Phi) is 11.7. The van der Waals surface area contributed by atoms with Crippen LogP contribution in [0.2, 0.25) is 0 Å². The first-order chi connectivity index (χ1) is 12.2. The second kappa shape index (κ2) is 12.6. The molecule has 0 aromatic carbocycles. The van der Waals surface area contributed by atoms with Crippen molar-refractivity contribution in [2.24, 2.45) is 4.99 Å². The highest BCUT2D eigenvalue weighted by Crippen LogP contribution is 2.07. The number of amides is 1. The zero-order valence-corrected chi connectivity index (χ0v) is 19.0. The monoisotopic (exact) mass is 494 g/mol. The van der Waals surface area contributed by atoms with Gasteiger partial charge in [-0.1, -0.05) is 0 Å². The number of likely N-dealkylation sites (N-methyl/N-ethyl adjacent to an activating group) is 1. The third-order valence-corrected chi connectivity index (χ3v) is 3.16. The van der Waals surface area contributed by atoms with Gasteiger partial charge < -0.3 is 24.7 Å². The van der Waals surface area contributed by atoms with Crippen LogP contribution in [0.3, 0.4) is 0 Å². The number of furan rings is 1. The second-order valence-corrected chi connectivity index (χ2v) is 6.97. The summed E-state index contributed by atoms with van der Waals surface area (Å²) in [6.07, 6.45) is 2.51. The van der Waals surface area contributed by atoms with Crippen molar-refractivity contribution in [2.45, 2.75) is 39.2 Å². The van der Waals surface area contributed by atoms with E-state index in [1.807, 2.05) is 32.9 Å². The summed E-state index contributed by atoms with van der Waals surface area (Å²) < 4.78 is 10.5. The van der Waals surface area contributed by atoms with Crippen LogP contribution in [0, 0.1) is 0 Å². The van der Waals surface area contributed by atoms with Crippen LogP contribution in [0.4, 0.5) is 0 Å². The molecule has 0 radical (unpaired) electrons. The molecule has 1 rings (SSSR count). The molecule has 9 heteroatoms. The van der Waals surface area contributed by atoms with Crippen LogP contribution < -0.4 is 10.6 Å². The molecule has 0 fully saturated rings. The first-order valence-electron chi connectivity index (χ1n) is 8.64. The molecule has 1 aromatic rings. The van der Waals surface area contributed by atoms with Gasteiger partial charge in [-0.25, -0.2) is 4.99 Å². The molecule has 0 bridgehead atoms. The number of carbonyl (C=O) groups is 2. The van der Waals surface area contributed by atoms with E-state index < -0.39 is 5.60 Å². The van der Waals surface area contributed by atoms with Gasteiger partial charge in [0.15, 0.2) is 5.96 Å². The molecule has 0 unspecified atom stereocenters. The molecular formula is C18H31IN4O4. The lowest BCUT2D eigenvalue weighted by molar-refractivity contribution is -0.154. The SMILES string of the molecule is CN(C)C(=O)CN=C(NCCC(=O)OC(C)(C)C)NCCc1ccco1.I. The minimum absolute atomic E-state index is 0. The fourth-order valence-corrected chi connectivity index (χ4v) is 1.90. The molecule has 8 nitrogen and oxygen atoms in total. The van der Waals surface area contributed by atoms with Gasteiger partial charge in [-0.05, 0) is 32.9 Å². The lowest BCUT2D eigenvalue weighted by Gasteiger charge is -2.19. The number of nitrogens with one attached hydrogen (secondary N) is 2. The Balaban J connectivity index is 0.00000676. The Labute approximate surface area is 178 Å². The number of guanidine groups is 1. The highest BCUT2D eigenvalue weighted by molar-refractivity contribution is 14.0. The van der Waals surface area contributed by atoms with Crippen molar-refractivity contribution < 1.29 is 18.7 Å². The second-order valence-electron chi connectivity index (χ2n) is 6.97. The quantitative estimate of drug-likeness (QED) is 0.248. The van der Waals surface area contributed by atoms with E-state index in [0.29, 0.717) is 25.5 Å². The Morgan fingerprint density at radius 3 is 2.44 bits per heavy atom. The van der Waals surface area contributed by atoms with Crippen molar-refractivity contribution in [2.75, 3.05) is 33.7 Å². The number of hydrogen-bond donors (Lipinski definition) is 2. The number of halogens is 1. The number of ether oxygens (including phenoxy) is 1. The third kappa shape index (κ3) is 12.3. The summed E-state index contributed by atoms with van der Waals surface area (Å²) in [6.45, 7) is 6.45. The molecule has 1 aromatic heterocycles. The molecule has 0 aliphatic heterocycles. The third-order valence-electron chi connectivity index (χ3n) is 3.16. The molecule has 0 atom stereocenters. The van der Waals surface area contributed by atoms with Gasteiger partial charge in [0.2, 0.25) is 5.91 Å². The van der Waals surface area contributed by atoms with Crippen LogP contribution in [0.15, 0.2) is 27.8 Å². The van der Waals surface area contributed by atoms with E-state index in [1.165, 1.54) is 4.90 Å². The number of rotatable bonds is 8. The minimum atomic E-state index is -0.507. The van der Waals surface area contributed by atoms with Gasteiger partial charge in [-0.3, -0.25) is 9.59 Å². The Bertz CT molecular complexity index is 595. The van der Waals surface area contributed by atoms with Crippen molar-refractivity contribution >= 4 is 41.8 Å². The molecule has 0 aliphatic carbocycles. The number of carbonyl (C=O) groups excluding carboxylic acids is 2. The lowest BCUT2D eigenvalue weighted by Crippen LogP contribution is -2.40. The molecule has 1 heterocycles. The average Bonchev–Trinajstić information content (AvgIpc) is 3.03. The highest BCUT2D eigenvalue weighted by atomic mass is 127. The molecule has 0 saturated carbocycles. The Morgan fingerprint density at radius 1 is 1.22 bits per heavy atom. The standard InChI is InChI=1S/C18H30N4O4.HI/c1-18(2,3)26-16(24)9-11-20-17(21-13-15(23)22(4)5)19-10-8-14-7-6-12-25-14;/h6-7,12H,8-11,13H2,1-5H3,(H2,19,20,21);1H. The first kappa shape index (κ1) is 25.2. The summed E-state index contributed by atoms with van der Waals surface area (Å²) in [7, 11) is 3.36. The predicted octanol–water partition coefficient (Wildman–Crippen LogP) is 1.80. The van der Waals surface area contributed by atoms with Crippen LogP contribution in [0.1, 0.15) is 33.0 Å². The van der Waals surface area contributed by atoms with Crippen LogP contribution in [-0.2, 0) is 20.7 Å². The van der Waals surface area contributed by atoms with Gasteiger partial charge in [-0.2, -0.15) is 0 Å². The lowest BCUT2D eigenvalue weighted by atomic mass is 10.2. The van der Waals surface area contributed by atoms with Gasteiger partial charge >= 0.3 is 5.97 Å². The summed E-state index contributed by atoms with van der Waals surface area (Å²) >= 11 is 0. The van der Waals surface area contributed by atoms with Crippen LogP contribution in [-0.4, -0.2) is 62.1 Å². The maximum atomic E-state index is 11.8. The minimum Gasteiger partial charge on any atom is -0.469 e. The molecular weight excluding hydrogens is 463 g/mol. The van der Waals surface area contributed by atoms with Crippen molar-refractivity contribution in [1.82, 2.24) is 15.5 Å². The molecule has 27 heavy (non-hydrogen) atoms. The maximum absolute atomic E-state index is 11.8. The smallest absolute Gasteiger partial charge is 0.308 e. The molecule has 2 N–H and O–H groups in total. The molecule has 0 spiro atoms.